The molecule has 1 fully saturated rings. The van der Waals surface area contributed by atoms with Crippen LogP contribution in [0.1, 0.15) is 13.2 Å². The second kappa shape index (κ2) is 8.68. The van der Waals surface area contributed by atoms with E-state index in [1.807, 2.05) is 0 Å². The molecule has 0 saturated carbocycles. The van der Waals surface area contributed by atoms with Crippen LogP contribution in [0.15, 0.2) is 17.1 Å². The Labute approximate surface area is 172 Å². The zero-order valence-corrected chi connectivity index (χ0v) is 18.2. The van der Waals surface area contributed by atoms with Gasteiger partial charge in [-0.05, 0) is 13.0 Å². The highest BCUT2D eigenvalue weighted by Crippen LogP contribution is 2.66. The number of nitrogens with two attached hydrogens (primary N) is 1. The van der Waals surface area contributed by atoms with E-state index in [0.29, 0.717) is 0 Å². The summed E-state index contributed by atoms with van der Waals surface area (Å²) in [5.41, 5.74) is 4.52. The average Bonchev–Trinajstić information content (AvgIpc) is 2.73. The third-order valence-corrected chi connectivity index (χ3v) is 7.85. The molecule has 172 valence electrons. The van der Waals surface area contributed by atoms with E-state index in [4.69, 9.17) is 36.8 Å². The second-order valence-electron chi connectivity index (χ2n) is 6.05. The molecule has 6 unspecified atom stereocenters. The van der Waals surface area contributed by atoms with E-state index in [9.17, 15) is 28.5 Å². The minimum absolute atomic E-state index is 0.0877. The summed E-state index contributed by atoms with van der Waals surface area (Å²) < 4.78 is 51.5. The summed E-state index contributed by atoms with van der Waals surface area (Å²) in [6.45, 7) is 0.332. The number of aliphatic hydroxyl groups is 1. The summed E-state index contributed by atoms with van der Waals surface area (Å²) in [5.74, 6) is -0.0877. The summed E-state index contributed by atoms with van der Waals surface area (Å²) in [7, 11) is -16.7. The van der Waals surface area contributed by atoms with Gasteiger partial charge < -0.3 is 35.2 Å². The number of phosphoric ester groups is 1. The fourth-order valence-electron chi connectivity index (χ4n) is 2.43. The first-order chi connectivity index (χ1) is 13.4. The van der Waals surface area contributed by atoms with Gasteiger partial charge in [-0.2, -0.15) is 13.6 Å². The molecule has 0 bridgehead atoms. The topological polar surface area (TPSA) is 250 Å². The number of nitrogens with zero attached hydrogens (tertiary/aromatic N) is 2. The van der Waals surface area contributed by atoms with Gasteiger partial charge in [0, 0.05) is 6.20 Å². The third-order valence-electron chi connectivity index (χ3n) is 3.64. The van der Waals surface area contributed by atoms with Crippen LogP contribution >= 0.6 is 35.1 Å². The van der Waals surface area contributed by atoms with Crippen molar-refractivity contribution >= 4 is 40.9 Å². The van der Waals surface area contributed by atoms with E-state index in [2.05, 4.69) is 18.1 Å². The van der Waals surface area contributed by atoms with Gasteiger partial charge in [-0.3, -0.25) is 9.09 Å². The van der Waals surface area contributed by atoms with Gasteiger partial charge in [0.1, 0.15) is 22.9 Å². The monoisotopic (exact) mass is 515 g/mol. The number of aromatic nitrogens is 2. The van der Waals surface area contributed by atoms with Crippen molar-refractivity contribution in [3.8, 4) is 0 Å². The molecular formula is C10H17ClN3O13P3. The predicted octanol–water partition coefficient (Wildman–Crippen LogP) is -0.575. The van der Waals surface area contributed by atoms with Gasteiger partial charge in [0.25, 0.3) is 0 Å². The third kappa shape index (κ3) is 6.40. The number of rotatable bonds is 8. The fourth-order valence-corrected chi connectivity index (χ4v) is 5.75. The van der Waals surface area contributed by atoms with Gasteiger partial charge >= 0.3 is 29.2 Å². The predicted molar refractivity (Wildman–Crippen MR) is 96.9 cm³/mol. The van der Waals surface area contributed by atoms with Crippen LogP contribution in [0.2, 0.25) is 0 Å². The Bertz CT molecular complexity index is 995. The molecule has 1 aromatic heterocycles. The first kappa shape index (κ1) is 25.6. The van der Waals surface area contributed by atoms with Crippen LogP contribution in [-0.2, 0) is 31.6 Å². The standard InChI is InChI=1S/C10H17ClN3O13P3/c1-10(11)7(15)5(25-8(10)14-3-2-6(12)13-9(14)16)4-24-29(20,21)27-30(22,23)26-28(17,18)19/h2-3,5,7-8,15H,4H2,1H3,(H,20,21)(H,22,23)(H2,12,13,16)(H2,17,18,19). The lowest BCUT2D eigenvalue weighted by Crippen LogP contribution is -2.42. The van der Waals surface area contributed by atoms with E-state index in [1.165, 1.54) is 19.2 Å². The van der Waals surface area contributed by atoms with Gasteiger partial charge in [-0.1, -0.05) is 0 Å². The second-order valence-corrected chi connectivity index (χ2v) is 11.3. The average molecular weight is 516 g/mol. The highest BCUT2D eigenvalue weighted by atomic mass is 35.5. The minimum atomic E-state index is -5.71. The highest BCUT2D eigenvalue weighted by Gasteiger charge is 2.54. The molecule has 7 N–H and O–H groups in total. The first-order valence-corrected chi connectivity index (χ1v) is 12.5. The van der Waals surface area contributed by atoms with Crippen molar-refractivity contribution in [2.45, 2.75) is 30.2 Å². The van der Waals surface area contributed by atoms with Gasteiger partial charge in [0.15, 0.2) is 6.23 Å². The Kier molecular flexibility index (Phi) is 7.39. The molecule has 0 radical (unpaired) electrons. The number of alkyl halides is 1. The SMILES string of the molecule is CC1(Cl)C(O)C(COP(=O)(O)OP(=O)(O)OP(=O)(O)O)OC1n1ccc(N)nc1=O. The maximum atomic E-state index is 12.0. The van der Waals surface area contributed by atoms with Crippen LogP contribution in [0.3, 0.4) is 0 Å². The van der Waals surface area contributed by atoms with E-state index in [1.54, 1.807) is 0 Å². The quantitative estimate of drug-likeness (QED) is 0.187. The fraction of sp³-hybridized carbons (Fsp3) is 0.600. The van der Waals surface area contributed by atoms with Gasteiger partial charge in [0.05, 0.1) is 6.61 Å². The summed E-state index contributed by atoms with van der Waals surface area (Å²) in [4.78, 5) is 49.4. The Balaban J connectivity index is 2.12. The van der Waals surface area contributed by atoms with Crippen LogP contribution in [0.25, 0.3) is 0 Å². The smallest absolute Gasteiger partial charge is 0.388 e. The van der Waals surface area contributed by atoms with Crippen molar-refractivity contribution in [2.75, 3.05) is 12.3 Å². The van der Waals surface area contributed by atoms with Crippen molar-refractivity contribution in [3.63, 3.8) is 0 Å². The number of hydrogen-bond donors (Lipinski definition) is 6. The summed E-state index contributed by atoms with van der Waals surface area (Å²) in [6, 6.07) is 1.25. The molecule has 1 aliphatic rings. The van der Waals surface area contributed by atoms with Crippen molar-refractivity contribution in [1.82, 2.24) is 9.55 Å². The van der Waals surface area contributed by atoms with Crippen molar-refractivity contribution < 1.29 is 56.3 Å². The molecule has 1 aromatic rings. The Hall–Kier alpha value is -0.700. The number of phosphoric acid groups is 3. The number of hydrogen-bond acceptors (Lipinski definition) is 11. The van der Waals surface area contributed by atoms with Crippen molar-refractivity contribution in [1.29, 1.82) is 0 Å². The lowest BCUT2D eigenvalue weighted by molar-refractivity contribution is -0.0460. The molecule has 1 saturated heterocycles. The number of aliphatic hydroxyl groups excluding tert-OH is 1. The number of nitrogen functional groups attached to an aromatic ring is 1. The molecular weight excluding hydrogens is 498 g/mol. The van der Waals surface area contributed by atoms with Gasteiger partial charge in [-0.15, -0.1) is 11.6 Å². The van der Waals surface area contributed by atoms with E-state index >= 15 is 0 Å². The van der Waals surface area contributed by atoms with Crippen molar-refractivity contribution in [2.24, 2.45) is 0 Å². The molecule has 0 amide bonds. The van der Waals surface area contributed by atoms with Gasteiger partial charge in [-0.25, -0.2) is 18.5 Å². The summed E-state index contributed by atoms with van der Waals surface area (Å²) >= 11 is 6.25. The normalized spacial score (nSPS) is 31.2. The van der Waals surface area contributed by atoms with Crippen LogP contribution in [0.4, 0.5) is 5.82 Å². The molecule has 0 spiro atoms. The maximum absolute atomic E-state index is 12.0. The van der Waals surface area contributed by atoms with E-state index in [0.717, 1.165) is 4.57 Å². The largest absolute Gasteiger partial charge is 0.490 e. The molecule has 30 heavy (non-hydrogen) atoms. The van der Waals surface area contributed by atoms with Crippen LogP contribution in [0, 0.1) is 0 Å². The molecule has 0 aromatic carbocycles. The number of anilines is 1. The molecule has 20 heteroatoms. The lowest BCUT2D eigenvalue weighted by atomic mass is 10.0. The number of ether oxygens (including phenoxy) is 1. The molecule has 0 aliphatic carbocycles. The highest BCUT2D eigenvalue weighted by molar-refractivity contribution is 7.66. The van der Waals surface area contributed by atoms with Crippen LogP contribution < -0.4 is 11.4 Å². The Morgan fingerprint density at radius 3 is 2.40 bits per heavy atom. The first-order valence-electron chi connectivity index (χ1n) is 7.59. The molecule has 1 aliphatic heterocycles. The number of halogens is 1. The lowest BCUT2D eigenvalue weighted by Gasteiger charge is -2.26. The molecule has 2 rings (SSSR count). The Morgan fingerprint density at radius 1 is 1.27 bits per heavy atom. The molecule has 2 heterocycles. The van der Waals surface area contributed by atoms with Crippen molar-refractivity contribution in [3.05, 3.63) is 22.7 Å². The van der Waals surface area contributed by atoms with E-state index in [-0.39, 0.29) is 5.82 Å². The summed E-state index contributed by atoms with van der Waals surface area (Å²) in [5, 5.41) is 10.3. The van der Waals surface area contributed by atoms with Crippen LogP contribution in [0.5, 0.6) is 0 Å². The van der Waals surface area contributed by atoms with Crippen LogP contribution in [-0.4, -0.2) is 57.9 Å². The summed E-state index contributed by atoms with van der Waals surface area (Å²) in [6.07, 6.45) is -3.19. The van der Waals surface area contributed by atoms with E-state index < -0.39 is 59.1 Å². The Morgan fingerprint density at radius 2 is 1.87 bits per heavy atom. The van der Waals surface area contributed by atoms with Gasteiger partial charge in [0.2, 0.25) is 0 Å². The molecule has 16 nitrogen and oxygen atoms in total. The zero-order chi connectivity index (χ0) is 23.1. The minimum Gasteiger partial charge on any atom is -0.388 e. The molecule has 6 atom stereocenters. The maximum Gasteiger partial charge on any atom is 0.490 e. The zero-order valence-electron chi connectivity index (χ0n) is 14.8.